The summed E-state index contributed by atoms with van der Waals surface area (Å²) < 4.78 is 12.4. The molecule has 1 aliphatic rings. The number of carbonyl (C=O) groups excluding carboxylic acids is 2. The lowest BCUT2D eigenvalue weighted by atomic mass is 10.1. The van der Waals surface area contributed by atoms with Gasteiger partial charge in [0.05, 0.1) is 18.6 Å². The SMILES string of the molecule is COc1ccc(/C=C2\SC(=O)N(Cc3ccc(I)cc3)C2=O)cc1OCc1ccc(Cl)cc1Cl. The van der Waals surface area contributed by atoms with Gasteiger partial charge in [0, 0.05) is 19.2 Å². The van der Waals surface area contributed by atoms with Crippen molar-refractivity contribution in [1.82, 2.24) is 4.90 Å². The molecule has 0 bridgehead atoms. The van der Waals surface area contributed by atoms with E-state index in [4.69, 9.17) is 32.7 Å². The lowest BCUT2D eigenvalue weighted by Gasteiger charge is -2.13. The van der Waals surface area contributed by atoms with Gasteiger partial charge in [-0.25, -0.2) is 0 Å². The van der Waals surface area contributed by atoms with E-state index in [9.17, 15) is 9.59 Å². The highest BCUT2D eigenvalue weighted by molar-refractivity contribution is 14.1. The normalized spacial score (nSPS) is 14.7. The highest BCUT2D eigenvalue weighted by Crippen LogP contribution is 2.36. The number of thioether (sulfide) groups is 1. The zero-order chi connectivity index (χ0) is 24.2. The van der Waals surface area contributed by atoms with Crippen LogP contribution in [0.3, 0.4) is 0 Å². The van der Waals surface area contributed by atoms with Crippen molar-refractivity contribution in [2.24, 2.45) is 0 Å². The second-order valence-corrected chi connectivity index (χ2v) is 10.4. The molecule has 0 N–H and O–H groups in total. The van der Waals surface area contributed by atoms with Gasteiger partial charge in [-0.1, -0.05) is 47.5 Å². The summed E-state index contributed by atoms with van der Waals surface area (Å²) in [7, 11) is 1.55. The van der Waals surface area contributed by atoms with Gasteiger partial charge >= 0.3 is 0 Å². The topological polar surface area (TPSA) is 55.8 Å². The number of benzene rings is 3. The van der Waals surface area contributed by atoms with Gasteiger partial charge in [-0.2, -0.15) is 0 Å². The van der Waals surface area contributed by atoms with Gasteiger partial charge in [0.1, 0.15) is 6.61 Å². The summed E-state index contributed by atoms with van der Waals surface area (Å²) >= 11 is 15.3. The van der Waals surface area contributed by atoms with E-state index in [-0.39, 0.29) is 24.3 Å². The summed E-state index contributed by atoms with van der Waals surface area (Å²) in [6.45, 7) is 0.445. The number of imide groups is 1. The molecule has 1 aliphatic heterocycles. The standard InChI is InChI=1S/C25H18Cl2INO4S/c1-32-21-9-4-16(10-22(21)33-14-17-5-6-18(26)12-20(17)27)11-23-24(30)29(25(31)34-23)13-15-2-7-19(28)8-3-15/h2-12H,13-14H2,1H3/b23-11-. The minimum Gasteiger partial charge on any atom is -0.493 e. The van der Waals surface area contributed by atoms with E-state index in [2.05, 4.69) is 22.6 Å². The molecule has 0 atom stereocenters. The zero-order valence-corrected chi connectivity index (χ0v) is 22.4. The van der Waals surface area contributed by atoms with Crippen LogP contribution in [-0.4, -0.2) is 23.2 Å². The van der Waals surface area contributed by atoms with Crippen molar-refractivity contribution in [3.05, 3.63) is 95.9 Å². The Bertz CT molecular complexity index is 1280. The summed E-state index contributed by atoms with van der Waals surface area (Å²) in [4.78, 5) is 27.0. The first-order chi connectivity index (χ1) is 16.3. The van der Waals surface area contributed by atoms with Crippen molar-refractivity contribution in [3.8, 4) is 11.5 Å². The number of hydrogen-bond acceptors (Lipinski definition) is 5. The van der Waals surface area contributed by atoms with Crippen molar-refractivity contribution in [2.75, 3.05) is 7.11 Å². The Labute approximate surface area is 225 Å². The molecule has 1 fully saturated rings. The average molecular weight is 626 g/mol. The first kappa shape index (κ1) is 24.9. The Morgan fingerprint density at radius 3 is 2.47 bits per heavy atom. The third kappa shape index (κ3) is 5.89. The first-order valence-electron chi connectivity index (χ1n) is 10.1. The Hall–Kier alpha value is -2.20. The van der Waals surface area contributed by atoms with Crippen molar-refractivity contribution in [2.45, 2.75) is 13.2 Å². The van der Waals surface area contributed by atoms with Gasteiger partial charge in [0.15, 0.2) is 11.5 Å². The Morgan fingerprint density at radius 2 is 1.76 bits per heavy atom. The summed E-state index contributed by atoms with van der Waals surface area (Å²) in [5, 5.41) is 0.755. The maximum atomic E-state index is 12.9. The number of ether oxygens (including phenoxy) is 2. The lowest BCUT2D eigenvalue weighted by molar-refractivity contribution is -0.123. The fourth-order valence-electron chi connectivity index (χ4n) is 3.25. The van der Waals surface area contributed by atoms with E-state index in [0.29, 0.717) is 32.0 Å². The second kappa shape index (κ2) is 11.0. The van der Waals surface area contributed by atoms with E-state index in [1.54, 1.807) is 49.6 Å². The number of nitrogens with zero attached hydrogens (tertiary/aromatic N) is 1. The summed E-state index contributed by atoms with van der Waals surface area (Å²) in [6.07, 6.45) is 1.68. The molecule has 0 radical (unpaired) electrons. The van der Waals surface area contributed by atoms with Crippen LogP contribution >= 0.6 is 57.6 Å². The van der Waals surface area contributed by atoms with Crippen LogP contribution in [0, 0.1) is 3.57 Å². The first-order valence-corrected chi connectivity index (χ1v) is 12.7. The van der Waals surface area contributed by atoms with Crippen molar-refractivity contribution in [3.63, 3.8) is 0 Å². The molecule has 0 aromatic heterocycles. The maximum Gasteiger partial charge on any atom is 0.293 e. The van der Waals surface area contributed by atoms with Crippen molar-refractivity contribution in [1.29, 1.82) is 0 Å². The lowest BCUT2D eigenvalue weighted by Crippen LogP contribution is -2.27. The highest BCUT2D eigenvalue weighted by Gasteiger charge is 2.35. The van der Waals surface area contributed by atoms with E-state index < -0.39 is 0 Å². The van der Waals surface area contributed by atoms with E-state index in [1.807, 2.05) is 24.3 Å². The second-order valence-electron chi connectivity index (χ2n) is 7.33. The molecule has 2 amide bonds. The monoisotopic (exact) mass is 625 g/mol. The number of rotatable bonds is 7. The molecule has 0 unspecified atom stereocenters. The van der Waals surface area contributed by atoms with Crippen LogP contribution in [0.25, 0.3) is 6.08 Å². The summed E-state index contributed by atoms with van der Waals surface area (Å²) in [5.74, 6) is 0.703. The quantitative estimate of drug-likeness (QED) is 0.202. The predicted octanol–water partition coefficient (Wildman–Crippen LogP) is 7.42. The third-order valence-corrected chi connectivity index (χ3v) is 7.22. The van der Waals surface area contributed by atoms with Crippen molar-refractivity contribution < 1.29 is 19.1 Å². The van der Waals surface area contributed by atoms with Gasteiger partial charge in [0.2, 0.25) is 0 Å². The van der Waals surface area contributed by atoms with Crippen LogP contribution in [0.1, 0.15) is 16.7 Å². The highest BCUT2D eigenvalue weighted by atomic mass is 127. The van der Waals surface area contributed by atoms with Crippen LogP contribution in [0.5, 0.6) is 11.5 Å². The van der Waals surface area contributed by atoms with Crippen LogP contribution in [0.15, 0.2) is 65.6 Å². The molecular formula is C25H18Cl2INO4S. The van der Waals surface area contributed by atoms with Crippen LogP contribution < -0.4 is 9.47 Å². The van der Waals surface area contributed by atoms with Crippen LogP contribution in [0.4, 0.5) is 4.79 Å². The zero-order valence-electron chi connectivity index (χ0n) is 17.9. The minimum atomic E-state index is -0.320. The number of methoxy groups -OCH3 is 1. The smallest absolute Gasteiger partial charge is 0.293 e. The molecule has 3 aromatic carbocycles. The third-order valence-electron chi connectivity index (χ3n) is 5.01. The fourth-order valence-corrected chi connectivity index (χ4v) is 4.91. The fraction of sp³-hybridized carbons (Fsp3) is 0.120. The molecule has 0 spiro atoms. The molecular weight excluding hydrogens is 608 g/mol. The van der Waals surface area contributed by atoms with Crippen LogP contribution in [-0.2, 0) is 17.9 Å². The Balaban J connectivity index is 1.52. The van der Waals surface area contributed by atoms with Gasteiger partial charge in [0.25, 0.3) is 11.1 Å². The van der Waals surface area contributed by atoms with E-state index in [0.717, 1.165) is 26.5 Å². The van der Waals surface area contributed by atoms with Gasteiger partial charge in [-0.3, -0.25) is 14.5 Å². The molecule has 3 aromatic rings. The Morgan fingerprint density at radius 1 is 1.00 bits per heavy atom. The number of halogens is 3. The van der Waals surface area contributed by atoms with Crippen molar-refractivity contribution >= 4 is 74.8 Å². The molecule has 1 heterocycles. The van der Waals surface area contributed by atoms with Crippen LogP contribution in [0.2, 0.25) is 10.0 Å². The maximum absolute atomic E-state index is 12.9. The Kier molecular flexibility index (Phi) is 8.08. The molecule has 5 nitrogen and oxygen atoms in total. The summed E-state index contributed by atoms with van der Waals surface area (Å²) in [6, 6.07) is 18.2. The summed E-state index contributed by atoms with van der Waals surface area (Å²) in [5.41, 5.74) is 2.37. The number of carbonyl (C=O) groups is 2. The van der Waals surface area contributed by atoms with E-state index >= 15 is 0 Å². The predicted molar refractivity (Wildman–Crippen MR) is 144 cm³/mol. The molecule has 0 aliphatic carbocycles. The average Bonchev–Trinajstić information content (AvgIpc) is 3.07. The molecule has 0 saturated carbocycles. The number of amides is 2. The molecule has 174 valence electrons. The largest absolute Gasteiger partial charge is 0.493 e. The van der Waals surface area contributed by atoms with E-state index in [1.165, 1.54) is 4.90 Å². The van der Waals surface area contributed by atoms with Gasteiger partial charge < -0.3 is 9.47 Å². The molecule has 4 rings (SSSR count). The van der Waals surface area contributed by atoms with Gasteiger partial charge in [-0.05, 0) is 88.0 Å². The molecule has 34 heavy (non-hydrogen) atoms. The minimum absolute atomic E-state index is 0.211. The molecule has 9 heteroatoms. The number of hydrogen-bond donors (Lipinski definition) is 0. The molecule has 1 saturated heterocycles. The van der Waals surface area contributed by atoms with Gasteiger partial charge in [-0.15, -0.1) is 0 Å².